The number of aryl methyl sites for hydroxylation is 1. The first-order valence-corrected chi connectivity index (χ1v) is 14.8. The van der Waals surface area contributed by atoms with E-state index in [4.69, 9.17) is 19.9 Å². The highest BCUT2D eigenvalue weighted by atomic mass is 32.1. The van der Waals surface area contributed by atoms with Crippen LogP contribution in [0.25, 0.3) is 15.2 Å². The molecule has 4 rings (SSSR count). The molecule has 1 aromatic carbocycles. The Hall–Kier alpha value is -4.37. The molecule has 13 nitrogen and oxygen atoms in total. The van der Waals surface area contributed by atoms with E-state index in [2.05, 4.69) is 10.2 Å². The van der Waals surface area contributed by atoms with Crippen molar-refractivity contribution in [2.24, 2.45) is 5.73 Å². The van der Waals surface area contributed by atoms with Crippen molar-refractivity contribution < 1.29 is 28.2 Å². The van der Waals surface area contributed by atoms with E-state index in [1.165, 1.54) is 60.9 Å². The summed E-state index contributed by atoms with van der Waals surface area (Å²) in [6, 6.07) is 3.84. The van der Waals surface area contributed by atoms with Gasteiger partial charge in [-0.15, -0.1) is 4.80 Å². The maximum Gasteiger partial charge on any atom is 0.333 e. The highest BCUT2D eigenvalue weighted by Gasteiger charge is 2.37. The molecular weight excluding hydrogens is 595 g/mol. The van der Waals surface area contributed by atoms with Gasteiger partial charge in [-0.3, -0.25) is 14.2 Å². The first kappa shape index (κ1) is 32.5. The van der Waals surface area contributed by atoms with Crippen molar-refractivity contribution in [2.75, 3.05) is 20.3 Å². The quantitative estimate of drug-likeness (QED) is 0.163. The molecule has 0 fully saturated rings. The van der Waals surface area contributed by atoms with E-state index in [1.807, 2.05) is 6.92 Å². The summed E-state index contributed by atoms with van der Waals surface area (Å²) in [4.78, 5) is 54.7. The Morgan fingerprint density at radius 1 is 1.16 bits per heavy atom. The number of thiophene rings is 1. The van der Waals surface area contributed by atoms with Crippen LogP contribution in [0.3, 0.4) is 0 Å². The second kappa shape index (κ2) is 13.5. The van der Waals surface area contributed by atoms with Gasteiger partial charge < -0.3 is 19.9 Å². The molecular formula is C29H35FN6O7S. The first-order chi connectivity index (χ1) is 20.9. The zero-order valence-electron chi connectivity index (χ0n) is 25.2. The number of methoxy groups -OCH3 is 1. The molecule has 0 aliphatic rings. The van der Waals surface area contributed by atoms with Crippen LogP contribution in [0.15, 0.2) is 40.2 Å². The van der Waals surface area contributed by atoms with Crippen molar-refractivity contribution in [3.05, 3.63) is 68.4 Å². The van der Waals surface area contributed by atoms with E-state index >= 15 is 0 Å². The highest BCUT2D eigenvalue weighted by molar-refractivity contribution is 7.21. The third-order valence-electron chi connectivity index (χ3n) is 7.13. The summed E-state index contributed by atoms with van der Waals surface area (Å²) in [6.45, 7) is 6.26. The van der Waals surface area contributed by atoms with Gasteiger partial charge in [0.1, 0.15) is 33.0 Å². The molecule has 0 aliphatic heterocycles. The van der Waals surface area contributed by atoms with Crippen LogP contribution >= 0.6 is 11.3 Å². The van der Waals surface area contributed by atoms with E-state index in [0.717, 1.165) is 22.3 Å². The Kier molecular flexibility index (Phi) is 9.99. The SMILES string of the molecule is CCCCOC(=O)C(C)(C)n1c(=O)c2c(C)c(-n3nccn3)sc2n(C[C@H](OCCC(N)=O)c2cc(F)ccc2OC)c1=O. The molecule has 3 aromatic heterocycles. The minimum atomic E-state index is -1.70. The molecule has 2 N–H and O–H groups in total. The largest absolute Gasteiger partial charge is 0.496 e. The summed E-state index contributed by atoms with van der Waals surface area (Å²) in [5.74, 6) is -1.67. The van der Waals surface area contributed by atoms with Crippen LogP contribution in [0, 0.1) is 12.7 Å². The zero-order chi connectivity index (χ0) is 32.2. The van der Waals surface area contributed by atoms with E-state index in [9.17, 15) is 23.6 Å². The Balaban J connectivity index is 1.98. The molecule has 0 bridgehead atoms. The van der Waals surface area contributed by atoms with Crippen LogP contribution in [0.1, 0.15) is 57.3 Å². The van der Waals surface area contributed by atoms with Gasteiger partial charge in [0, 0.05) is 17.5 Å². The lowest BCUT2D eigenvalue weighted by Crippen LogP contribution is -2.53. The normalized spacial score (nSPS) is 12.4. The molecule has 0 spiro atoms. The summed E-state index contributed by atoms with van der Waals surface area (Å²) in [7, 11) is 1.40. The summed E-state index contributed by atoms with van der Waals surface area (Å²) >= 11 is 1.10. The van der Waals surface area contributed by atoms with Crippen LogP contribution < -0.4 is 21.7 Å². The minimum absolute atomic E-state index is 0.131. The number of esters is 1. The number of fused-ring (bicyclic) bond motifs is 1. The topological polar surface area (TPSA) is 163 Å². The number of ether oxygens (including phenoxy) is 3. The fraction of sp³-hybridized carbons (Fsp3) is 0.448. The Morgan fingerprint density at radius 3 is 2.50 bits per heavy atom. The van der Waals surface area contributed by atoms with Gasteiger partial charge >= 0.3 is 11.7 Å². The zero-order valence-corrected chi connectivity index (χ0v) is 26.0. The third-order valence-corrected chi connectivity index (χ3v) is 8.41. The number of amides is 1. The number of hydrogen-bond acceptors (Lipinski definition) is 10. The predicted molar refractivity (Wildman–Crippen MR) is 161 cm³/mol. The summed E-state index contributed by atoms with van der Waals surface area (Å²) in [6.07, 6.45) is 3.17. The van der Waals surface area contributed by atoms with Gasteiger partial charge in [-0.2, -0.15) is 10.2 Å². The molecule has 15 heteroatoms. The van der Waals surface area contributed by atoms with Crippen LogP contribution in [0.4, 0.5) is 4.39 Å². The Labute approximate surface area is 255 Å². The molecule has 0 saturated carbocycles. The average Bonchev–Trinajstić information content (AvgIpc) is 3.62. The Bertz CT molecular complexity index is 1780. The second-order valence-corrected chi connectivity index (χ2v) is 11.6. The number of aromatic nitrogens is 5. The molecule has 0 unspecified atom stereocenters. The number of rotatable bonds is 14. The summed E-state index contributed by atoms with van der Waals surface area (Å²) < 4.78 is 33.6. The first-order valence-electron chi connectivity index (χ1n) is 14.0. The number of carbonyl (C=O) groups is 2. The molecule has 0 aliphatic carbocycles. The number of nitrogens with two attached hydrogens (primary N) is 1. The van der Waals surface area contributed by atoms with Crippen molar-refractivity contribution in [3.63, 3.8) is 0 Å². The fourth-order valence-electron chi connectivity index (χ4n) is 4.74. The van der Waals surface area contributed by atoms with Crippen molar-refractivity contribution in [2.45, 2.75) is 65.1 Å². The smallest absolute Gasteiger partial charge is 0.333 e. The lowest BCUT2D eigenvalue weighted by atomic mass is 10.0. The standard InChI is InChI=1S/C29H35FN6O7S/c1-6-7-13-43-27(39)29(3,4)35-24(38)23-17(2)25(36-32-11-12-33-36)44-26(23)34(28(35)40)16-21(42-14-10-22(31)37)19-15-18(30)8-9-20(19)41-5/h8-9,11-12,15,21H,6-7,10,13-14,16H2,1-5H3,(H2,31,37)/t21-/m0/s1. The molecule has 236 valence electrons. The molecule has 1 amide bonds. The second-order valence-electron chi connectivity index (χ2n) is 10.6. The number of carbonyl (C=O) groups excluding carboxylic acids is 2. The van der Waals surface area contributed by atoms with Gasteiger partial charge in [-0.25, -0.2) is 18.5 Å². The van der Waals surface area contributed by atoms with Gasteiger partial charge in [0.25, 0.3) is 5.56 Å². The van der Waals surface area contributed by atoms with E-state index < -0.39 is 40.6 Å². The van der Waals surface area contributed by atoms with Crippen LogP contribution in [-0.2, 0) is 31.1 Å². The number of nitrogens with zero attached hydrogens (tertiary/aromatic N) is 5. The van der Waals surface area contributed by atoms with Gasteiger partial charge in [-0.05, 0) is 45.4 Å². The average molecular weight is 631 g/mol. The molecule has 0 radical (unpaired) electrons. The molecule has 1 atom stereocenters. The minimum Gasteiger partial charge on any atom is -0.496 e. The van der Waals surface area contributed by atoms with Crippen LogP contribution in [0.5, 0.6) is 5.75 Å². The van der Waals surface area contributed by atoms with E-state index in [-0.39, 0.29) is 47.7 Å². The monoisotopic (exact) mass is 630 g/mol. The Morgan fingerprint density at radius 2 is 1.86 bits per heavy atom. The van der Waals surface area contributed by atoms with Gasteiger partial charge in [-0.1, -0.05) is 24.7 Å². The van der Waals surface area contributed by atoms with Crippen LogP contribution in [-0.4, -0.2) is 56.3 Å². The summed E-state index contributed by atoms with van der Waals surface area (Å²) in [5, 5.41) is 9.01. The van der Waals surface area contributed by atoms with Crippen LogP contribution in [0.2, 0.25) is 0 Å². The van der Waals surface area contributed by atoms with Gasteiger partial charge in [0.15, 0.2) is 0 Å². The number of unbranched alkanes of at least 4 members (excludes halogenated alkanes) is 1. The number of primary amides is 1. The fourth-order valence-corrected chi connectivity index (χ4v) is 5.96. The van der Waals surface area contributed by atoms with Crippen molar-refractivity contribution in [1.29, 1.82) is 0 Å². The number of benzene rings is 1. The van der Waals surface area contributed by atoms with Gasteiger partial charge in [0.2, 0.25) is 5.91 Å². The summed E-state index contributed by atoms with van der Waals surface area (Å²) in [5.41, 5.74) is 2.85. The van der Waals surface area contributed by atoms with Gasteiger partial charge in [0.05, 0.1) is 44.6 Å². The highest BCUT2D eigenvalue weighted by Crippen LogP contribution is 2.34. The van der Waals surface area contributed by atoms with Crippen molar-refractivity contribution >= 4 is 33.4 Å². The molecule has 3 heterocycles. The third kappa shape index (κ3) is 6.43. The van der Waals surface area contributed by atoms with Crippen molar-refractivity contribution in [1.82, 2.24) is 24.1 Å². The lowest BCUT2D eigenvalue weighted by molar-refractivity contribution is -0.153. The maximum absolute atomic E-state index is 14.5. The molecule has 4 aromatic rings. The van der Waals surface area contributed by atoms with E-state index in [1.54, 1.807) is 6.92 Å². The van der Waals surface area contributed by atoms with E-state index in [0.29, 0.717) is 17.0 Å². The lowest BCUT2D eigenvalue weighted by Gasteiger charge is -2.27. The molecule has 44 heavy (non-hydrogen) atoms. The maximum atomic E-state index is 14.5. The number of halogens is 1. The molecule has 0 saturated heterocycles. The number of hydrogen-bond donors (Lipinski definition) is 1. The van der Waals surface area contributed by atoms with Crippen molar-refractivity contribution in [3.8, 4) is 10.8 Å². The predicted octanol–water partition coefficient (Wildman–Crippen LogP) is 2.97.